The predicted octanol–water partition coefficient (Wildman–Crippen LogP) is 0.739. The van der Waals surface area contributed by atoms with Crippen molar-refractivity contribution >= 4 is 0 Å². The fraction of sp³-hybridized carbons (Fsp3) is 0.167. The summed E-state index contributed by atoms with van der Waals surface area (Å²) in [7, 11) is 0. The van der Waals surface area contributed by atoms with Crippen LogP contribution in [0.25, 0.3) is 0 Å². The third-order valence-corrected chi connectivity index (χ3v) is 0.919. The van der Waals surface area contributed by atoms with Crippen LogP contribution in [0.1, 0.15) is 5.82 Å². The Bertz CT molecular complexity index is 236. The Labute approximate surface area is 57.7 Å². The summed E-state index contributed by atoms with van der Waals surface area (Å²) in [5, 5.41) is 0. The van der Waals surface area contributed by atoms with Gasteiger partial charge in [0, 0.05) is 6.42 Å². The summed E-state index contributed by atoms with van der Waals surface area (Å²) in [6.07, 6.45) is 2.47. The molecule has 0 aliphatic carbocycles. The summed E-state index contributed by atoms with van der Waals surface area (Å²) in [5.41, 5.74) is 0. The van der Waals surface area contributed by atoms with Gasteiger partial charge >= 0.3 is 6.08 Å². The topological polar surface area (TPSA) is 38.7 Å². The average molecular weight is 139 g/mol. The molecule has 0 N–H and O–H groups in total. The summed E-state index contributed by atoms with van der Waals surface area (Å²) in [6.45, 7) is 3.46. The average Bonchev–Trinajstić information content (AvgIpc) is 1.88. The molecule has 4 heteroatoms. The van der Waals surface area contributed by atoms with E-state index in [0.717, 1.165) is 6.33 Å². The second-order valence-corrected chi connectivity index (χ2v) is 1.66. The standard InChI is InChI=1S/C6H6FN3/c1-2-3-5-8-4-9-6(7)10-5/h2,4H,1,3H2. The van der Waals surface area contributed by atoms with Gasteiger partial charge in [0.15, 0.2) is 0 Å². The van der Waals surface area contributed by atoms with Crippen LogP contribution < -0.4 is 0 Å². The van der Waals surface area contributed by atoms with Crippen LogP contribution in [0.3, 0.4) is 0 Å². The maximum atomic E-state index is 12.2. The SMILES string of the molecule is C=CCc1ncnc(F)n1. The molecule has 0 spiro atoms. The molecular formula is C6H6FN3. The van der Waals surface area contributed by atoms with Gasteiger partial charge in [-0.2, -0.15) is 14.4 Å². The lowest BCUT2D eigenvalue weighted by molar-refractivity contribution is 0.524. The van der Waals surface area contributed by atoms with Crippen molar-refractivity contribution in [3.63, 3.8) is 0 Å². The lowest BCUT2D eigenvalue weighted by atomic mass is 10.4. The fourth-order valence-corrected chi connectivity index (χ4v) is 0.535. The second kappa shape index (κ2) is 3.00. The molecule has 0 amide bonds. The molecule has 0 aliphatic heterocycles. The van der Waals surface area contributed by atoms with Crippen LogP contribution in [0.15, 0.2) is 19.0 Å². The zero-order chi connectivity index (χ0) is 7.40. The first-order chi connectivity index (χ1) is 4.83. The zero-order valence-corrected chi connectivity index (χ0v) is 5.29. The van der Waals surface area contributed by atoms with E-state index in [-0.39, 0.29) is 0 Å². The minimum atomic E-state index is -0.744. The summed E-state index contributed by atoms with van der Waals surface area (Å²) < 4.78 is 12.2. The highest BCUT2D eigenvalue weighted by atomic mass is 19.1. The van der Waals surface area contributed by atoms with E-state index in [4.69, 9.17) is 0 Å². The highest BCUT2D eigenvalue weighted by Gasteiger charge is 1.94. The van der Waals surface area contributed by atoms with Crippen LogP contribution in [-0.4, -0.2) is 15.0 Å². The molecule has 1 heterocycles. The molecule has 0 unspecified atom stereocenters. The number of hydrogen-bond donors (Lipinski definition) is 0. The monoisotopic (exact) mass is 139 g/mol. The number of aromatic nitrogens is 3. The van der Waals surface area contributed by atoms with Gasteiger partial charge in [0.1, 0.15) is 12.2 Å². The van der Waals surface area contributed by atoms with E-state index >= 15 is 0 Å². The van der Waals surface area contributed by atoms with Crippen molar-refractivity contribution in [3.05, 3.63) is 30.9 Å². The number of halogens is 1. The Morgan fingerprint density at radius 2 is 2.40 bits per heavy atom. The van der Waals surface area contributed by atoms with Gasteiger partial charge in [0.25, 0.3) is 0 Å². The molecule has 10 heavy (non-hydrogen) atoms. The molecule has 1 rings (SSSR count). The van der Waals surface area contributed by atoms with Gasteiger partial charge in [-0.1, -0.05) is 6.08 Å². The van der Waals surface area contributed by atoms with E-state index in [1.807, 2.05) is 0 Å². The molecular weight excluding hydrogens is 133 g/mol. The van der Waals surface area contributed by atoms with Gasteiger partial charge in [-0.15, -0.1) is 6.58 Å². The first-order valence-electron chi connectivity index (χ1n) is 2.77. The first-order valence-corrected chi connectivity index (χ1v) is 2.77. The minimum absolute atomic E-state index is 0.405. The Hall–Kier alpha value is -1.32. The lowest BCUT2D eigenvalue weighted by Gasteiger charge is -1.90. The van der Waals surface area contributed by atoms with E-state index in [1.54, 1.807) is 6.08 Å². The summed E-state index contributed by atoms with van der Waals surface area (Å²) in [5.74, 6) is 0.405. The van der Waals surface area contributed by atoms with E-state index in [0.29, 0.717) is 12.2 Å². The lowest BCUT2D eigenvalue weighted by Crippen LogP contribution is -1.97. The molecule has 0 bridgehead atoms. The number of hydrogen-bond acceptors (Lipinski definition) is 3. The quantitative estimate of drug-likeness (QED) is 0.567. The third kappa shape index (κ3) is 1.58. The normalized spacial score (nSPS) is 9.30. The molecule has 0 atom stereocenters. The molecule has 1 aromatic heterocycles. The van der Waals surface area contributed by atoms with Crippen molar-refractivity contribution in [2.24, 2.45) is 0 Å². The van der Waals surface area contributed by atoms with E-state index in [2.05, 4.69) is 21.5 Å². The molecule has 0 aromatic carbocycles. The molecule has 0 fully saturated rings. The van der Waals surface area contributed by atoms with Crippen LogP contribution in [0.4, 0.5) is 4.39 Å². The van der Waals surface area contributed by atoms with Gasteiger partial charge in [-0.3, -0.25) is 0 Å². The number of allylic oxidation sites excluding steroid dienone is 1. The second-order valence-electron chi connectivity index (χ2n) is 1.66. The summed E-state index contributed by atoms with van der Waals surface area (Å²) in [6, 6.07) is 0. The molecule has 0 radical (unpaired) electrons. The number of nitrogens with zero attached hydrogens (tertiary/aromatic N) is 3. The predicted molar refractivity (Wildman–Crippen MR) is 33.7 cm³/mol. The highest BCUT2D eigenvalue weighted by Crippen LogP contribution is 1.90. The van der Waals surface area contributed by atoms with E-state index in [1.165, 1.54) is 0 Å². The molecule has 0 aliphatic rings. The molecule has 0 saturated heterocycles. The maximum Gasteiger partial charge on any atom is 0.311 e. The van der Waals surface area contributed by atoms with Gasteiger partial charge in [0.2, 0.25) is 0 Å². The van der Waals surface area contributed by atoms with Crippen molar-refractivity contribution in [2.75, 3.05) is 0 Å². The molecule has 3 nitrogen and oxygen atoms in total. The van der Waals surface area contributed by atoms with Gasteiger partial charge < -0.3 is 0 Å². The Kier molecular flexibility index (Phi) is 2.04. The molecule has 1 aromatic rings. The zero-order valence-electron chi connectivity index (χ0n) is 5.29. The van der Waals surface area contributed by atoms with Gasteiger partial charge in [0.05, 0.1) is 0 Å². The summed E-state index contributed by atoms with van der Waals surface area (Å²) >= 11 is 0. The van der Waals surface area contributed by atoms with E-state index < -0.39 is 6.08 Å². The van der Waals surface area contributed by atoms with Crippen LogP contribution in [0.5, 0.6) is 0 Å². The van der Waals surface area contributed by atoms with Crippen LogP contribution in [-0.2, 0) is 6.42 Å². The van der Waals surface area contributed by atoms with Crippen molar-refractivity contribution in [1.82, 2.24) is 15.0 Å². The van der Waals surface area contributed by atoms with Gasteiger partial charge in [-0.25, -0.2) is 4.98 Å². The van der Waals surface area contributed by atoms with E-state index in [9.17, 15) is 4.39 Å². The van der Waals surface area contributed by atoms with Crippen molar-refractivity contribution in [1.29, 1.82) is 0 Å². The number of rotatable bonds is 2. The van der Waals surface area contributed by atoms with Crippen molar-refractivity contribution < 1.29 is 4.39 Å². The molecule has 0 saturated carbocycles. The summed E-state index contributed by atoms with van der Waals surface area (Å²) in [4.78, 5) is 10.3. The largest absolute Gasteiger partial charge is 0.311 e. The van der Waals surface area contributed by atoms with Crippen molar-refractivity contribution in [3.8, 4) is 0 Å². The minimum Gasteiger partial charge on any atom is -0.221 e. The smallest absolute Gasteiger partial charge is 0.221 e. The van der Waals surface area contributed by atoms with Gasteiger partial charge in [-0.05, 0) is 0 Å². The highest BCUT2D eigenvalue weighted by molar-refractivity contribution is 4.89. The van der Waals surface area contributed by atoms with Crippen LogP contribution in [0, 0.1) is 6.08 Å². The Morgan fingerprint density at radius 1 is 1.60 bits per heavy atom. The Morgan fingerprint density at radius 3 is 3.00 bits per heavy atom. The molecule has 52 valence electrons. The van der Waals surface area contributed by atoms with Crippen molar-refractivity contribution in [2.45, 2.75) is 6.42 Å². The third-order valence-electron chi connectivity index (χ3n) is 0.919. The van der Waals surface area contributed by atoms with Crippen LogP contribution >= 0.6 is 0 Å². The first kappa shape index (κ1) is 6.80. The van der Waals surface area contributed by atoms with Crippen LogP contribution in [0.2, 0.25) is 0 Å². The fourth-order valence-electron chi connectivity index (χ4n) is 0.535. The Balaban J connectivity index is 2.84. The maximum absolute atomic E-state index is 12.2.